The lowest BCUT2D eigenvalue weighted by Gasteiger charge is -2.18. The van der Waals surface area contributed by atoms with E-state index in [9.17, 15) is 9.18 Å². The third kappa shape index (κ3) is 2.17. The zero-order valence-electron chi connectivity index (χ0n) is 11.3. The predicted octanol–water partition coefficient (Wildman–Crippen LogP) is 2.35. The number of hydrogen-bond acceptors (Lipinski definition) is 4. The molecular formula is C14H14FN3O2. The lowest BCUT2D eigenvalue weighted by atomic mass is 10.1. The smallest absolute Gasteiger partial charge is 0.232 e. The van der Waals surface area contributed by atoms with Crippen LogP contribution in [0.25, 0.3) is 0 Å². The monoisotopic (exact) mass is 275 g/mol. The Morgan fingerprint density at radius 2 is 2.20 bits per heavy atom. The summed E-state index contributed by atoms with van der Waals surface area (Å²) in [7, 11) is 0. The van der Waals surface area contributed by atoms with Crippen molar-refractivity contribution in [3.8, 4) is 0 Å². The van der Waals surface area contributed by atoms with Crippen LogP contribution in [0.15, 0.2) is 22.7 Å². The van der Waals surface area contributed by atoms with Gasteiger partial charge in [0, 0.05) is 18.7 Å². The Morgan fingerprint density at radius 1 is 1.40 bits per heavy atom. The van der Waals surface area contributed by atoms with Crippen LogP contribution in [-0.2, 0) is 4.79 Å². The molecule has 5 nitrogen and oxygen atoms in total. The molecule has 1 aliphatic heterocycles. The largest absolute Gasteiger partial charge is 0.339 e. The number of aromatic nitrogens is 2. The summed E-state index contributed by atoms with van der Waals surface area (Å²) in [6.07, 6.45) is 0.303. The molecule has 20 heavy (non-hydrogen) atoms. The summed E-state index contributed by atoms with van der Waals surface area (Å²) < 4.78 is 18.5. The van der Waals surface area contributed by atoms with Gasteiger partial charge in [0.05, 0.1) is 5.92 Å². The van der Waals surface area contributed by atoms with Crippen LogP contribution in [0.5, 0.6) is 0 Å². The SMILES string of the molecule is Cc1noc(C2CC(=O)N(c3cc(F)ccc3C)C2)n1. The molecule has 0 saturated carbocycles. The number of rotatable bonds is 2. The van der Waals surface area contributed by atoms with Crippen LogP contribution in [0.1, 0.15) is 29.6 Å². The third-order valence-corrected chi connectivity index (χ3v) is 3.48. The van der Waals surface area contributed by atoms with Gasteiger partial charge in [-0.05, 0) is 31.5 Å². The van der Waals surface area contributed by atoms with Gasteiger partial charge < -0.3 is 9.42 Å². The van der Waals surface area contributed by atoms with Gasteiger partial charge in [0.2, 0.25) is 11.8 Å². The fraction of sp³-hybridized carbons (Fsp3) is 0.357. The number of hydrogen-bond donors (Lipinski definition) is 0. The number of carbonyl (C=O) groups is 1. The molecule has 1 aromatic carbocycles. The van der Waals surface area contributed by atoms with Crippen molar-refractivity contribution < 1.29 is 13.7 Å². The first-order valence-corrected chi connectivity index (χ1v) is 6.41. The van der Waals surface area contributed by atoms with Gasteiger partial charge >= 0.3 is 0 Å². The van der Waals surface area contributed by atoms with Gasteiger partial charge in [-0.25, -0.2) is 4.39 Å². The average molecular weight is 275 g/mol. The molecular weight excluding hydrogens is 261 g/mol. The summed E-state index contributed by atoms with van der Waals surface area (Å²) in [6, 6.07) is 4.44. The minimum Gasteiger partial charge on any atom is -0.339 e. The highest BCUT2D eigenvalue weighted by Gasteiger charge is 2.35. The Morgan fingerprint density at radius 3 is 2.90 bits per heavy atom. The highest BCUT2D eigenvalue weighted by molar-refractivity contribution is 5.97. The first-order chi connectivity index (χ1) is 9.54. The molecule has 3 rings (SSSR count). The van der Waals surface area contributed by atoms with Gasteiger partial charge in [-0.2, -0.15) is 4.98 Å². The number of benzene rings is 1. The average Bonchev–Trinajstić information content (AvgIpc) is 2.99. The van der Waals surface area contributed by atoms with Gasteiger partial charge in [-0.1, -0.05) is 11.2 Å². The molecule has 0 radical (unpaired) electrons. The molecule has 1 unspecified atom stereocenters. The molecule has 0 spiro atoms. The Labute approximate surface area is 115 Å². The van der Waals surface area contributed by atoms with Crippen molar-refractivity contribution in [2.75, 3.05) is 11.4 Å². The highest BCUT2D eigenvalue weighted by atomic mass is 19.1. The van der Waals surface area contributed by atoms with Crippen molar-refractivity contribution in [1.82, 2.24) is 10.1 Å². The van der Waals surface area contributed by atoms with Crippen LogP contribution >= 0.6 is 0 Å². The molecule has 1 aromatic heterocycles. The van der Waals surface area contributed by atoms with Crippen molar-refractivity contribution in [1.29, 1.82) is 0 Å². The Balaban J connectivity index is 1.89. The van der Waals surface area contributed by atoms with Crippen molar-refractivity contribution in [2.24, 2.45) is 0 Å². The molecule has 2 heterocycles. The number of carbonyl (C=O) groups excluding carboxylic acids is 1. The summed E-state index contributed by atoms with van der Waals surface area (Å²) in [4.78, 5) is 17.9. The van der Waals surface area contributed by atoms with Crippen LogP contribution in [-0.4, -0.2) is 22.6 Å². The maximum atomic E-state index is 13.4. The lowest BCUT2D eigenvalue weighted by molar-refractivity contribution is -0.117. The zero-order valence-corrected chi connectivity index (χ0v) is 11.3. The van der Waals surface area contributed by atoms with Crippen molar-refractivity contribution in [3.05, 3.63) is 41.3 Å². The summed E-state index contributed by atoms with van der Waals surface area (Å²) >= 11 is 0. The lowest BCUT2D eigenvalue weighted by Crippen LogP contribution is -2.25. The second-order valence-electron chi connectivity index (χ2n) is 5.02. The maximum Gasteiger partial charge on any atom is 0.232 e. The minimum absolute atomic E-state index is 0.0560. The minimum atomic E-state index is -0.351. The van der Waals surface area contributed by atoms with Crippen LogP contribution < -0.4 is 4.90 Å². The molecule has 6 heteroatoms. The molecule has 0 bridgehead atoms. The van der Waals surface area contributed by atoms with Crippen LogP contribution in [0.4, 0.5) is 10.1 Å². The number of halogens is 1. The van der Waals surface area contributed by atoms with Crippen LogP contribution in [0.3, 0.4) is 0 Å². The fourth-order valence-electron chi connectivity index (χ4n) is 2.46. The maximum absolute atomic E-state index is 13.4. The number of amides is 1. The molecule has 104 valence electrons. The Hall–Kier alpha value is -2.24. The van der Waals surface area contributed by atoms with E-state index < -0.39 is 0 Å². The molecule has 2 aromatic rings. The zero-order chi connectivity index (χ0) is 14.3. The summed E-state index contributed by atoms with van der Waals surface area (Å²) in [6.45, 7) is 4.02. The topological polar surface area (TPSA) is 59.2 Å². The van der Waals surface area contributed by atoms with Crippen LogP contribution in [0, 0.1) is 19.7 Å². The number of nitrogens with zero attached hydrogens (tertiary/aromatic N) is 3. The molecule has 0 N–H and O–H groups in total. The molecule has 1 atom stereocenters. The molecule has 1 fully saturated rings. The van der Waals surface area contributed by atoms with E-state index in [4.69, 9.17) is 4.52 Å². The first-order valence-electron chi connectivity index (χ1n) is 6.41. The third-order valence-electron chi connectivity index (χ3n) is 3.48. The second-order valence-corrected chi connectivity index (χ2v) is 5.02. The summed E-state index contributed by atoms with van der Waals surface area (Å²) in [5.74, 6) is 0.474. The highest BCUT2D eigenvalue weighted by Crippen LogP contribution is 2.32. The summed E-state index contributed by atoms with van der Waals surface area (Å²) in [5.41, 5.74) is 1.47. The van der Waals surface area contributed by atoms with E-state index in [0.29, 0.717) is 30.4 Å². The van der Waals surface area contributed by atoms with Crippen molar-refractivity contribution in [2.45, 2.75) is 26.2 Å². The van der Waals surface area contributed by atoms with E-state index >= 15 is 0 Å². The predicted molar refractivity (Wildman–Crippen MR) is 69.9 cm³/mol. The van der Waals surface area contributed by atoms with Gasteiger partial charge in [0.15, 0.2) is 5.82 Å². The van der Waals surface area contributed by atoms with E-state index in [-0.39, 0.29) is 17.6 Å². The van der Waals surface area contributed by atoms with Gasteiger partial charge in [0.1, 0.15) is 5.82 Å². The molecule has 1 aliphatic rings. The number of aryl methyl sites for hydroxylation is 2. The van der Waals surface area contributed by atoms with E-state index in [0.717, 1.165) is 5.56 Å². The molecule has 1 amide bonds. The van der Waals surface area contributed by atoms with E-state index in [1.165, 1.54) is 12.1 Å². The van der Waals surface area contributed by atoms with Gasteiger partial charge in [-0.15, -0.1) is 0 Å². The van der Waals surface area contributed by atoms with Gasteiger partial charge in [0.25, 0.3) is 0 Å². The Kier molecular flexibility index (Phi) is 3.00. The number of anilines is 1. The quantitative estimate of drug-likeness (QED) is 0.844. The molecule has 0 aliphatic carbocycles. The van der Waals surface area contributed by atoms with Crippen molar-refractivity contribution in [3.63, 3.8) is 0 Å². The summed E-state index contributed by atoms with van der Waals surface area (Å²) in [5, 5.41) is 3.74. The standard InChI is InChI=1S/C14H14FN3O2/c1-8-3-4-11(15)6-12(8)18-7-10(5-13(18)19)14-16-9(2)17-20-14/h3-4,6,10H,5,7H2,1-2H3. The van der Waals surface area contributed by atoms with E-state index in [1.807, 2.05) is 6.92 Å². The van der Waals surface area contributed by atoms with Crippen molar-refractivity contribution >= 4 is 11.6 Å². The fourth-order valence-corrected chi connectivity index (χ4v) is 2.46. The molecule has 1 saturated heterocycles. The van der Waals surface area contributed by atoms with Gasteiger partial charge in [-0.3, -0.25) is 4.79 Å². The first kappa shape index (κ1) is 12.8. The van der Waals surface area contributed by atoms with E-state index in [2.05, 4.69) is 10.1 Å². The second kappa shape index (κ2) is 4.70. The normalized spacial score (nSPS) is 18.9. The Bertz CT molecular complexity index is 668. The van der Waals surface area contributed by atoms with E-state index in [1.54, 1.807) is 17.9 Å². The van der Waals surface area contributed by atoms with Crippen LogP contribution in [0.2, 0.25) is 0 Å².